The molecule has 38 heavy (non-hydrogen) atoms. The second-order valence-electron chi connectivity index (χ2n) is 9.33. The Morgan fingerprint density at radius 2 is 1.58 bits per heavy atom. The number of methoxy groups -OCH3 is 1. The summed E-state index contributed by atoms with van der Waals surface area (Å²) in [5, 5.41) is 12.0. The lowest BCUT2D eigenvalue weighted by atomic mass is 9.96. The molecule has 6 rings (SSSR count). The second kappa shape index (κ2) is 9.16. The molecule has 0 atom stereocenters. The van der Waals surface area contributed by atoms with Gasteiger partial charge in [-0.15, -0.1) is 0 Å². The van der Waals surface area contributed by atoms with Gasteiger partial charge in [-0.25, -0.2) is 0 Å². The molecular weight excluding hydrogens is 476 g/mol. The number of ketones is 1. The Morgan fingerprint density at radius 3 is 2.26 bits per heavy atom. The Kier molecular flexibility index (Phi) is 5.65. The zero-order valence-corrected chi connectivity index (χ0v) is 21.3. The number of fused-ring (bicyclic) bond motifs is 2. The molecule has 0 saturated heterocycles. The van der Waals surface area contributed by atoms with Gasteiger partial charge >= 0.3 is 0 Å². The van der Waals surface area contributed by atoms with Crippen molar-refractivity contribution in [2.75, 3.05) is 26.1 Å². The van der Waals surface area contributed by atoms with Crippen LogP contribution in [0.3, 0.4) is 0 Å². The highest BCUT2D eigenvalue weighted by Crippen LogP contribution is 2.47. The Balaban J connectivity index is 1.84. The van der Waals surface area contributed by atoms with Crippen molar-refractivity contribution in [3.8, 4) is 28.4 Å². The van der Waals surface area contributed by atoms with E-state index in [1.165, 1.54) is 0 Å². The van der Waals surface area contributed by atoms with Gasteiger partial charge in [-0.05, 0) is 48.5 Å². The first-order chi connectivity index (χ1) is 18.5. The number of para-hydroxylation sites is 1. The molecule has 0 fully saturated rings. The summed E-state index contributed by atoms with van der Waals surface area (Å²) in [6.07, 6.45) is 0. The number of carbonyl (C=O) groups is 1. The van der Waals surface area contributed by atoms with Gasteiger partial charge in [0.2, 0.25) is 5.88 Å². The first-order valence-corrected chi connectivity index (χ1v) is 12.3. The third-order valence-electron chi connectivity index (χ3n) is 6.75. The minimum atomic E-state index is -0.146. The zero-order valence-electron chi connectivity index (χ0n) is 21.3. The molecule has 0 saturated carbocycles. The van der Waals surface area contributed by atoms with Gasteiger partial charge in [-0.1, -0.05) is 48.5 Å². The van der Waals surface area contributed by atoms with E-state index in [0.717, 1.165) is 22.2 Å². The Hall–Kier alpha value is -4.97. The number of aromatic nitrogens is 1. The summed E-state index contributed by atoms with van der Waals surface area (Å²) >= 11 is 0. The lowest BCUT2D eigenvalue weighted by molar-refractivity contribution is 0.104. The van der Waals surface area contributed by atoms with Crippen LogP contribution in [-0.4, -0.2) is 36.7 Å². The van der Waals surface area contributed by atoms with Crippen LogP contribution in [0.15, 0.2) is 101 Å². The molecule has 6 aromatic rings. The number of benzene rings is 4. The van der Waals surface area contributed by atoms with Gasteiger partial charge in [0, 0.05) is 36.1 Å². The van der Waals surface area contributed by atoms with Crippen LogP contribution in [0.2, 0.25) is 0 Å². The maximum absolute atomic E-state index is 14.3. The van der Waals surface area contributed by atoms with Gasteiger partial charge in [0.15, 0.2) is 5.78 Å². The largest absolute Gasteiger partial charge is 0.508 e. The minimum Gasteiger partial charge on any atom is -0.508 e. The smallest absolute Gasteiger partial charge is 0.205 e. The molecule has 0 aliphatic carbocycles. The summed E-state index contributed by atoms with van der Waals surface area (Å²) in [6.45, 7) is 0. The molecule has 0 spiro atoms. The number of nitrogens with zero attached hydrogens (tertiary/aromatic N) is 2. The van der Waals surface area contributed by atoms with Crippen LogP contribution in [0, 0.1) is 0 Å². The van der Waals surface area contributed by atoms with E-state index in [4.69, 9.17) is 9.15 Å². The van der Waals surface area contributed by atoms with Crippen LogP contribution < -0.4 is 9.64 Å². The quantitative estimate of drug-likeness (QED) is 0.247. The topological polar surface area (TPSA) is 67.8 Å². The molecule has 0 aliphatic heterocycles. The van der Waals surface area contributed by atoms with Gasteiger partial charge in [0.05, 0.1) is 29.4 Å². The summed E-state index contributed by atoms with van der Waals surface area (Å²) < 4.78 is 14.0. The summed E-state index contributed by atoms with van der Waals surface area (Å²) in [5.74, 6) is 1.23. The fourth-order valence-electron chi connectivity index (χ4n) is 5.06. The molecule has 0 bridgehead atoms. The molecule has 6 heteroatoms. The molecule has 0 amide bonds. The van der Waals surface area contributed by atoms with Gasteiger partial charge in [-0.2, -0.15) is 0 Å². The summed E-state index contributed by atoms with van der Waals surface area (Å²) in [4.78, 5) is 16.2. The molecule has 1 N–H and O–H groups in total. The van der Waals surface area contributed by atoms with E-state index >= 15 is 0 Å². The Bertz CT molecular complexity index is 1800. The zero-order chi connectivity index (χ0) is 26.4. The lowest BCUT2D eigenvalue weighted by Gasteiger charge is -2.16. The van der Waals surface area contributed by atoms with Crippen molar-refractivity contribution in [3.63, 3.8) is 0 Å². The van der Waals surface area contributed by atoms with Crippen LogP contribution in [0.4, 0.5) is 5.88 Å². The van der Waals surface area contributed by atoms with E-state index in [2.05, 4.69) is 4.57 Å². The average molecular weight is 503 g/mol. The highest BCUT2D eigenvalue weighted by atomic mass is 16.5. The van der Waals surface area contributed by atoms with E-state index in [1.54, 1.807) is 19.2 Å². The third-order valence-corrected chi connectivity index (χ3v) is 6.75. The number of hydrogen-bond acceptors (Lipinski definition) is 5. The molecule has 4 aromatic carbocycles. The molecule has 2 heterocycles. The van der Waals surface area contributed by atoms with Crippen molar-refractivity contribution in [2.45, 2.75) is 0 Å². The number of phenols is 1. The summed E-state index contributed by atoms with van der Waals surface area (Å²) in [5.41, 5.74) is 4.84. The lowest BCUT2D eigenvalue weighted by Crippen LogP contribution is -2.11. The molecular formula is C32H26N2O4. The van der Waals surface area contributed by atoms with E-state index in [9.17, 15) is 9.90 Å². The van der Waals surface area contributed by atoms with Gasteiger partial charge < -0.3 is 23.7 Å². The van der Waals surface area contributed by atoms with Crippen molar-refractivity contribution >= 4 is 33.5 Å². The Morgan fingerprint density at radius 1 is 0.868 bits per heavy atom. The number of furan rings is 1. The fraction of sp³-hybridized carbons (Fsp3) is 0.0938. The van der Waals surface area contributed by atoms with Gasteiger partial charge in [-0.3, -0.25) is 4.79 Å². The average Bonchev–Trinajstić information content (AvgIpc) is 3.48. The predicted molar refractivity (Wildman–Crippen MR) is 151 cm³/mol. The monoisotopic (exact) mass is 502 g/mol. The molecule has 188 valence electrons. The number of hydrogen-bond donors (Lipinski definition) is 1. The molecule has 0 aliphatic rings. The number of rotatable bonds is 6. The second-order valence-corrected chi connectivity index (χ2v) is 9.33. The highest BCUT2D eigenvalue weighted by molar-refractivity contribution is 6.23. The summed E-state index contributed by atoms with van der Waals surface area (Å²) in [6, 6.07) is 29.9. The van der Waals surface area contributed by atoms with Crippen molar-refractivity contribution in [1.29, 1.82) is 0 Å². The van der Waals surface area contributed by atoms with Gasteiger partial charge in [0.1, 0.15) is 17.1 Å². The van der Waals surface area contributed by atoms with Crippen molar-refractivity contribution in [3.05, 3.63) is 108 Å². The molecule has 0 unspecified atom stereocenters. The van der Waals surface area contributed by atoms with E-state index < -0.39 is 0 Å². The summed E-state index contributed by atoms with van der Waals surface area (Å²) in [7, 11) is 5.46. The van der Waals surface area contributed by atoms with E-state index in [-0.39, 0.29) is 11.5 Å². The number of aromatic hydroxyl groups is 1. The first kappa shape index (κ1) is 23.4. The predicted octanol–water partition coefficient (Wildman–Crippen LogP) is 7.05. The van der Waals surface area contributed by atoms with Crippen molar-refractivity contribution in [2.24, 2.45) is 0 Å². The number of ether oxygens (including phenoxy) is 1. The van der Waals surface area contributed by atoms with Crippen LogP contribution in [0.25, 0.3) is 38.8 Å². The van der Waals surface area contributed by atoms with Crippen LogP contribution in [0.5, 0.6) is 11.5 Å². The van der Waals surface area contributed by atoms with Crippen molar-refractivity contribution in [1.82, 2.24) is 4.57 Å². The SMILES string of the molecule is COc1ccc2oc(N(C)C)c(-c3c(C(=O)c4ccccc4)c4cc(O)ccc4n3-c3ccccc3)c2c1. The van der Waals surface area contributed by atoms with Gasteiger partial charge in [0.25, 0.3) is 0 Å². The normalized spacial score (nSPS) is 11.2. The number of carbonyl (C=O) groups excluding carboxylic acids is 1. The molecule has 0 radical (unpaired) electrons. The van der Waals surface area contributed by atoms with E-state index in [1.807, 2.05) is 104 Å². The fourth-order valence-corrected chi connectivity index (χ4v) is 5.06. The molecule has 2 aromatic heterocycles. The Labute approximate surface area is 219 Å². The first-order valence-electron chi connectivity index (χ1n) is 12.3. The van der Waals surface area contributed by atoms with Crippen molar-refractivity contribution < 1.29 is 19.1 Å². The van der Waals surface area contributed by atoms with Crippen LogP contribution >= 0.6 is 0 Å². The highest BCUT2D eigenvalue weighted by Gasteiger charge is 2.31. The minimum absolute atomic E-state index is 0.0860. The third kappa shape index (κ3) is 3.69. The van der Waals surface area contributed by atoms with E-state index in [0.29, 0.717) is 39.4 Å². The number of anilines is 1. The maximum Gasteiger partial charge on any atom is 0.205 e. The van der Waals surface area contributed by atoms with Crippen LogP contribution in [-0.2, 0) is 0 Å². The maximum atomic E-state index is 14.3. The standard InChI is InChI=1S/C32H26N2O4/c1-33(2)32-29(25-19-23(37-3)15-17-27(25)38-32)30-28(31(36)20-10-6-4-7-11-20)24-18-22(35)14-16-26(24)34(30)21-12-8-5-9-13-21/h4-19,35H,1-3H3. The van der Waals surface area contributed by atoms with Crippen LogP contribution in [0.1, 0.15) is 15.9 Å². The number of phenolic OH excluding ortho intramolecular Hbond substituents is 1. The molecule has 6 nitrogen and oxygen atoms in total.